The number of hydrogen-bond acceptors (Lipinski definition) is 3. The van der Waals surface area contributed by atoms with Gasteiger partial charge in [0.05, 0.1) is 15.0 Å². The summed E-state index contributed by atoms with van der Waals surface area (Å²) in [5, 5.41) is 3.55. The molecule has 0 aromatic heterocycles. The van der Waals surface area contributed by atoms with Crippen LogP contribution in [-0.2, 0) is 14.6 Å². The highest BCUT2D eigenvalue weighted by molar-refractivity contribution is 7.89. The Labute approximate surface area is 217 Å². The minimum atomic E-state index is -3.69. The molecule has 35 heavy (non-hydrogen) atoms. The highest BCUT2D eigenvalue weighted by atomic mass is 35.5. The van der Waals surface area contributed by atoms with Crippen molar-refractivity contribution in [2.24, 2.45) is 0 Å². The lowest BCUT2D eigenvalue weighted by Crippen LogP contribution is -2.30. The number of benzene rings is 3. The Morgan fingerprint density at radius 1 is 0.829 bits per heavy atom. The number of nitrogens with zero attached hydrogens (tertiary/aromatic N) is 1. The standard InChI is InChI=1S/C26H27Cl2N2O3PS/c1-3-30(4-2)35(32,33)24-17-11-16-23(18-24)29-34(31,19-25(27)21-12-7-5-8-13-21)20-26(28)22-14-9-6-10-15-22/h5-20H,3-4H2,1-2H3,(H,29,31). The van der Waals surface area contributed by atoms with E-state index in [1.807, 2.05) is 60.7 Å². The summed E-state index contributed by atoms with van der Waals surface area (Å²) in [6.07, 6.45) is 0. The minimum absolute atomic E-state index is 0.106. The molecule has 0 atom stereocenters. The summed E-state index contributed by atoms with van der Waals surface area (Å²) >= 11 is 13.1. The van der Waals surface area contributed by atoms with Gasteiger partial charge in [0, 0.05) is 30.4 Å². The van der Waals surface area contributed by atoms with Gasteiger partial charge in [0.15, 0.2) is 0 Å². The van der Waals surface area contributed by atoms with Gasteiger partial charge in [-0.05, 0) is 29.3 Å². The van der Waals surface area contributed by atoms with Crippen molar-refractivity contribution in [2.45, 2.75) is 18.7 Å². The zero-order valence-electron chi connectivity index (χ0n) is 19.4. The average Bonchev–Trinajstić information content (AvgIpc) is 2.85. The van der Waals surface area contributed by atoms with E-state index in [0.717, 1.165) is 0 Å². The van der Waals surface area contributed by atoms with Gasteiger partial charge in [-0.2, -0.15) is 4.31 Å². The molecule has 1 N–H and O–H groups in total. The molecule has 0 aliphatic heterocycles. The monoisotopic (exact) mass is 548 g/mol. The van der Waals surface area contributed by atoms with Crippen molar-refractivity contribution >= 4 is 56.3 Å². The summed E-state index contributed by atoms with van der Waals surface area (Å²) in [6.45, 7) is 4.26. The van der Waals surface area contributed by atoms with E-state index in [0.29, 0.717) is 29.9 Å². The van der Waals surface area contributed by atoms with Crippen molar-refractivity contribution < 1.29 is 13.0 Å². The van der Waals surface area contributed by atoms with Crippen LogP contribution in [0.25, 0.3) is 10.1 Å². The molecule has 0 radical (unpaired) electrons. The molecule has 0 heterocycles. The molecule has 0 fully saturated rings. The second-order valence-corrected chi connectivity index (χ2v) is 12.5. The maximum Gasteiger partial charge on any atom is 0.243 e. The number of rotatable bonds is 10. The van der Waals surface area contributed by atoms with Crippen molar-refractivity contribution in [3.63, 3.8) is 0 Å². The second kappa shape index (κ2) is 12.1. The van der Waals surface area contributed by atoms with Crippen LogP contribution >= 0.6 is 30.5 Å². The summed E-state index contributed by atoms with van der Waals surface area (Å²) in [7, 11) is -7.23. The highest BCUT2D eigenvalue weighted by Gasteiger charge is 2.24. The Bertz CT molecular complexity index is 1300. The first-order chi connectivity index (χ1) is 16.7. The fraction of sp³-hybridized carbons (Fsp3) is 0.154. The zero-order chi connectivity index (χ0) is 25.5. The maximum atomic E-state index is 14.2. The first-order valence-corrected chi connectivity index (χ1v) is 15.1. The molecule has 0 saturated heterocycles. The van der Waals surface area contributed by atoms with Crippen molar-refractivity contribution in [1.82, 2.24) is 4.31 Å². The van der Waals surface area contributed by atoms with Crippen LogP contribution in [0.5, 0.6) is 0 Å². The SMILES string of the molecule is CCN(CC)S(=O)(=O)c1cccc(NP(=O)(C=C(Cl)c2ccccc2)C=C(Cl)c2ccccc2)c1. The third kappa shape index (κ3) is 7.09. The van der Waals surface area contributed by atoms with Gasteiger partial charge in [-0.3, -0.25) is 4.57 Å². The lowest BCUT2D eigenvalue weighted by Gasteiger charge is -2.20. The molecule has 0 aliphatic carbocycles. The molecule has 184 valence electrons. The minimum Gasteiger partial charge on any atom is -0.330 e. The molecule has 3 aromatic rings. The molecule has 0 unspecified atom stereocenters. The maximum absolute atomic E-state index is 14.2. The number of halogens is 2. The van der Waals surface area contributed by atoms with E-state index >= 15 is 0 Å². The van der Waals surface area contributed by atoms with E-state index in [-0.39, 0.29) is 15.0 Å². The van der Waals surface area contributed by atoms with Crippen molar-refractivity contribution in [1.29, 1.82) is 0 Å². The second-order valence-electron chi connectivity index (χ2n) is 7.62. The molecule has 0 spiro atoms. The van der Waals surface area contributed by atoms with Crippen molar-refractivity contribution in [3.8, 4) is 0 Å². The summed E-state index contributed by atoms with van der Waals surface area (Å²) in [6, 6.07) is 24.5. The molecule has 0 amide bonds. The average molecular weight is 549 g/mol. The molecular formula is C26H27Cl2N2O3PS. The first kappa shape index (κ1) is 27.3. The van der Waals surface area contributed by atoms with E-state index < -0.39 is 17.3 Å². The summed E-state index contributed by atoms with van der Waals surface area (Å²) in [5.74, 6) is 2.86. The zero-order valence-corrected chi connectivity index (χ0v) is 22.7. The topological polar surface area (TPSA) is 66.5 Å². The predicted octanol–water partition coefficient (Wildman–Crippen LogP) is 7.88. The van der Waals surface area contributed by atoms with Crippen LogP contribution in [0.3, 0.4) is 0 Å². The summed E-state index contributed by atoms with van der Waals surface area (Å²) < 4.78 is 41.5. The third-order valence-electron chi connectivity index (χ3n) is 5.19. The van der Waals surface area contributed by atoms with Gasteiger partial charge in [-0.25, -0.2) is 8.42 Å². The van der Waals surface area contributed by atoms with Gasteiger partial charge in [-0.1, -0.05) is 104 Å². The van der Waals surface area contributed by atoms with E-state index in [1.54, 1.807) is 26.0 Å². The molecular weight excluding hydrogens is 522 g/mol. The Balaban J connectivity index is 2.06. The number of hydrogen-bond donors (Lipinski definition) is 1. The number of nitrogens with one attached hydrogen (secondary N) is 1. The fourth-order valence-corrected chi connectivity index (χ4v) is 7.77. The lowest BCUT2D eigenvalue weighted by atomic mass is 10.2. The number of sulfonamides is 1. The highest BCUT2D eigenvalue weighted by Crippen LogP contribution is 2.53. The van der Waals surface area contributed by atoms with Gasteiger partial charge in [0.1, 0.15) is 0 Å². The van der Waals surface area contributed by atoms with Crippen LogP contribution in [0, 0.1) is 0 Å². The quantitative estimate of drug-likeness (QED) is 0.261. The molecule has 9 heteroatoms. The van der Waals surface area contributed by atoms with E-state index in [9.17, 15) is 13.0 Å². The molecule has 0 aliphatic rings. The van der Waals surface area contributed by atoms with Gasteiger partial charge < -0.3 is 5.09 Å². The van der Waals surface area contributed by atoms with Crippen LogP contribution in [-0.4, -0.2) is 25.8 Å². The normalized spacial score (nSPS) is 14.5. The predicted molar refractivity (Wildman–Crippen MR) is 148 cm³/mol. The van der Waals surface area contributed by atoms with Crippen molar-refractivity contribution in [3.05, 3.63) is 108 Å². The fourth-order valence-electron chi connectivity index (χ4n) is 3.42. The molecule has 0 saturated carbocycles. The van der Waals surface area contributed by atoms with Crippen LogP contribution in [0.1, 0.15) is 25.0 Å². The number of anilines is 1. The van der Waals surface area contributed by atoms with E-state index in [1.165, 1.54) is 28.1 Å². The first-order valence-electron chi connectivity index (χ1n) is 11.0. The molecule has 3 aromatic carbocycles. The van der Waals surface area contributed by atoms with Crippen LogP contribution in [0.4, 0.5) is 5.69 Å². The van der Waals surface area contributed by atoms with Gasteiger partial charge in [0.25, 0.3) is 0 Å². The smallest absolute Gasteiger partial charge is 0.243 e. The van der Waals surface area contributed by atoms with Crippen LogP contribution < -0.4 is 5.09 Å². The van der Waals surface area contributed by atoms with Crippen LogP contribution in [0.2, 0.25) is 0 Å². The molecule has 0 bridgehead atoms. The Kier molecular flexibility index (Phi) is 9.40. The summed E-state index contributed by atoms with van der Waals surface area (Å²) in [4.78, 5) is 0.106. The van der Waals surface area contributed by atoms with E-state index in [4.69, 9.17) is 23.2 Å². The third-order valence-corrected chi connectivity index (χ3v) is 10.1. The van der Waals surface area contributed by atoms with Gasteiger partial charge in [0.2, 0.25) is 17.3 Å². The Hall–Kier alpha value is -2.34. The molecule has 3 rings (SSSR count). The van der Waals surface area contributed by atoms with Gasteiger partial charge >= 0.3 is 0 Å². The Morgan fingerprint density at radius 2 is 1.31 bits per heavy atom. The lowest BCUT2D eigenvalue weighted by molar-refractivity contribution is 0.445. The molecule has 5 nitrogen and oxygen atoms in total. The van der Waals surface area contributed by atoms with Crippen molar-refractivity contribution in [2.75, 3.05) is 18.2 Å². The van der Waals surface area contributed by atoms with Crippen LogP contribution in [0.15, 0.2) is 101 Å². The van der Waals surface area contributed by atoms with Gasteiger partial charge in [-0.15, -0.1) is 0 Å². The largest absolute Gasteiger partial charge is 0.330 e. The Morgan fingerprint density at radius 3 is 1.77 bits per heavy atom. The van der Waals surface area contributed by atoms with E-state index in [2.05, 4.69) is 5.09 Å². The summed E-state index contributed by atoms with van der Waals surface area (Å²) in [5.41, 5.74) is 1.75.